The van der Waals surface area contributed by atoms with E-state index in [4.69, 9.17) is 4.74 Å². The van der Waals surface area contributed by atoms with Crippen molar-refractivity contribution in [1.82, 2.24) is 4.57 Å². The van der Waals surface area contributed by atoms with Crippen molar-refractivity contribution < 1.29 is 9.53 Å². The molecule has 0 fully saturated rings. The highest BCUT2D eigenvalue weighted by Gasteiger charge is 2.05. The molecule has 1 heterocycles. The summed E-state index contributed by atoms with van der Waals surface area (Å²) in [5, 5.41) is 0. The maximum atomic E-state index is 11.3. The van der Waals surface area contributed by atoms with Crippen LogP contribution in [-0.2, 0) is 16.1 Å². The molecule has 1 aromatic rings. The highest BCUT2D eigenvalue weighted by atomic mass is 16.5. The van der Waals surface area contributed by atoms with Crippen molar-refractivity contribution in [3.63, 3.8) is 0 Å². The Labute approximate surface area is 88.5 Å². The summed E-state index contributed by atoms with van der Waals surface area (Å²) in [4.78, 5) is 22.5. The quantitative estimate of drug-likeness (QED) is 0.700. The minimum Gasteiger partial charge on any atom is -0.463 e. The van der Waals surface area contributed by atoms with Crippen molar-refractivity contribution >= 4 is 5.97 Å². The molecule has 0 unspecified atom stereocenters. The van der Waals surface area contributed by atoms with Gasteiger partial charge < -0.3 is 9.30 Å². The van der Waals surface area contributed by atoms with Gasteiger partial charge >= 0.3 is 5.97 Å². The Balaban J connectivity index is 2.48. The van der Waals surface area contributed by atoms with E-state index in [0.717, 1.165) is 0 Å². The van der Waals surface area contributed by atoms with Crippen LogP contribution >= 0.6 is 0 Å². The average Bonchev–Trinajstić information content (AvgIpc) is 2.15. The first-order chi connectivity index (χ1) is 7.09. The number of hydrogen-bond acceptors (Lipinski definition) is 3. The molecule has 4 heteroatoms. The molecule has 0 aliphatic rings. The van der Waals surface area contributed by atoms with Crippen molar-refractivity contribution in [1.29, 1.82) is 0 Å². The second-order valence-electron chi connectivity index (χ2n) is 3.52. The monoisotopic (exact) mass is 209 g/mol. The second-order valence-corrected chi connectivity index (χ2v) is 3.52. The molecule has 1 rings (SSSR count). The van der Waals surface area contributed by atoms with Crippen LogP contribution in [-0.4, -0.2) is 16.6 Å². The van der Waals surface area contributed by atoms with Gasteiger partial charge in [-0.15, -0.1) is 0 Å². The predicted octanol–water partition coefficient (Wildman–Crippen LogP) is 1.19. The fourth-order valence-electron chi connectivity index (χ4n) is 1.18. The number of rotatable bonds is 4. The van der Waals surface area contributed by atoms with Crippen LogP contribution in [0, 0.1) is 0 Å². The van der Waals surface area contributed by atoms with Crippen molar-refractivity contribution in [2.75, 3.05) is 0 Å². The molecule has 0 radical (unpaired) electrons. The molecule has 0 aromatic carbocycles. The average molecular weight is 209 g/mol. The Morgan fingerprint density at radius 2 is 2.20 bits per heavy atom. The van der Waals surface area contributed by atoms with Crippen LogP contribution in [0.15, 0.2) is 29.2 Å². The molecule has 0 saturated heterocycles. The summed E-state index contributed by atoms with van der Waals surface area (Å²) in [6, 6.07) is 4.90. The highest BCUT2D eigenvalue weighted by Crippen LogP contribution is 1.95. The van der Waals surface area contributed by atoms with Crippen LogP contribution in [0.25, 0.3) is 0 Å². The van der Waals surface area contributed by atoms with Gasteiger partial charge in [0.25, 0.3) is 5.56 Å². The number of pyridine rings is 1. The van der Waals surface area contributed by atoms with Crippen molar-refractivity contribution in [3.8, 4) is 0 Å². The normalized spacial score (nSPS) is 10.3. The lowest BCUT2D eigenvalue weighted by Crippen LogP contribution is -2.21. The van der Waals surface area contributed by atoms with Crippen LogP contribution in [0.4, 0.5) is 0 Å². The molecule has 0 aliphatic heterocycles. The zero-order valence-electron chi connectivity index (χ0n) is 8.97. The van der Waals surface area contributed by atoms with Gasteiger partial charge in [0.15, 0.2) is 0 Å². The lowest BCUT2D eigenvalue weighted by molar-refractivity contribution is -0.147. The Hall–Kier alpha value is -1.58. The second kappa shape index (κ2) is 5.34. The van der Waals surface area contributed by atoms with Crippen LogP contribution < -0.4 is 5.56 Å². The van der Waals surface area contributed by atoms with E-state index in [2.05, 4.69) is 0 Å². The number of nitrogens with zero attached hydrogens (tertiary/aromatic N) is 1. The lowest BCUT2D eigenvalue weighted by atomic mass is 10.4. The van der Waals surface area contributed by atoms with E-state index in [-0.39, 0.29) is 24.1 Å². The van der Waals surface area contributed by atoms with Gasteiger partial charge in [0.1, 0.15) is 0 Å². The number of ether oxygens (including phenoxy) is 1. The van der Waals surface area contributed by atoms with Crippen LogP contribution in [0.5, 0.6) is 0 Å². The summed E-state index contributed by atoms with van der Waals surface area (Å²) in [5.41, 5.74) is -0.102. The van der Waals surface area contributed by atoms with E-state index in [1.165, 1.54) is 10.6 Å². The molecule has 0 bridgehead atoms. The van der Waals surface area contributed by atoms with Gasteiger partial charge in [0.05, 0.1) is 12.5 Å². The number of carbonyl (C=O) groups is 1. The molecular formula is C11H15NO3. The third-order valence-corrected chi connectivity index (χ3v) is 1.82. The first-order valence-corrected chi connectivity index (χ1v) is 4.94. The minimum atomic E-state index is -0.277. The predicted molar refractivity (Wildman–Crippen MR) is 56.5 cm³/mol. The van der Waals surface area contributed by atoms with Gasteiger partial charge in [-0.05, 0) is 19.9 Å². The summed E-state index contributed by atoms with van der Waals surface area (Å²) in [6.07, 6.45) is 1.78. The molecular weight excluding hydrogens is 194 g/mol. The van der Waals surface area contributed by atoms with Crippen molar-refractivity contribution in [2.45, 2.75) is 32.9 Å². The fraction of sp³-hybridized carbons (Fsp3) is 0.455. The van der Waals surface area contributed by atoms with Gasteiger partial charge in [-0.2, -0.15) is 0 Å². The Morgan fingerprint density at radius 3 is 2.80 bits per heavy atom. The lowest BCUT2D eigenvalue weighted by Gasteiger charge is -2.08. The summed E-state index contributed by atoms with van der Waals surface area (Å²) in [5.74, 6) is -0.277. The smallest absolute Gasteiger partial charge is 0.307 e. The Bertz CT molecular complexity index is 381. The topological polar surface area (TPSA) is 48.3 Å². The van der Waals surface area contributed by atoms with Gasteiger partial charge in [0.2, 0.25) is 0 Å². The van der Waals surface area contributed by atoms with Crippen molar-refractivity contribution in [2.24, 2.45) is 0 Å². The van der Waals surface area contributed by atoms with E-state index in [0.29, 0.717) is 6.54 Å². The van der Waals surface area contributed by atoms with Crippen molar-refractivity contribution in [3.05, 3.63) is 34.7 Å². The largest absolute Gasteiger partial charge is 0.463 e. The molecule has 0 saturated carbocycles. The van der Waals surface area contributed by atoms with Crippen LogP contribution in [0.1, 0.15) is 20.3 Å². The standard InChI is InChI=1S/C11H15NO3/c1-9(2)15-11(14)6-8-12-7-4-3-5-10(12)13/h3-5,7,9H,6,8H2,1-2H3. The van der Waals surface area contributed by atoms with E-state index in [9.17, 15) is 9.59 Å². The number of carbonyl (C=O) groups excluding carboxylic acids is 1. The third kappa shape index (κ3) is 3.97. The molecule has 0 N–H and O–H groups in total. The van der Waals surface area contributed by atoms with E-state index < -0.39 is 0 Å². The van der Waals surface area contributed by atoms with E-state index in [1.54, 1.807) is 32.2 Å². The maximum Gasteiger partial charge on any atom is 0.307 e. The minimum absolute atomic E-state index is 0.102. The zero-order valence-corrected chi connectivity index (χ0v) is 8.97. The zero-order chi connectivity index (χ0) is 11.3. The van der Waals surface area contributed by atoms with Crippen LogP contribution in [0.3, 0.4) is 0 Å². The van der Waals surface area contributed by atoms with Gasteiger partial charge in [0, 0.05) is 18.8 Å². The summed E-state index contributed by atoms with van der Waals surface area (Å²) in [6.45, 7) is 3.96. The van der Waals surface area contributed by atoms with Gasteiger partial charge in [-0.25, -0.2) is 0 Å². The molecule has 4 nitrogen and oxygen atoms in total. The number of aromatic nitrogens is 1. The number of esters is 1. The highest BCUT2D eigenvalue weighted by molar-refractivity contribution is 5.69. The van der Waals surface area contributed by atoms with E-state index >= 15 is 0 Å². The summed E-state index contributed by atoms with van der Waals surface area (Å²) < 4.78 is 6.45. The van der Waals surface area contributed by atoms with Crippen LogP contribution in [0.2, 0.25) is 0 Å². The first-order valence-electron chi connectivity index (χ1n) is 4.94. The molecule has 15 heavy (non-hydrogen) atoms. The third-order valence-electron chi connectivity index (χ3n) is 1.82. The molecule has 82 valence electrons. The molecule has 0 atom stereocenters. The van der Waals surface area contributed by atoms with Gasteiger partial charge in [-0.1, -0.05) is 6.07 Å². The molecule has 0 amide bonds. The maximum absolute atomic E-state index is 11.3. The molecule has 1 aromatic heterocycles. The Kier molecular flexibility index (Phi) is 4.09. The summed E-state index contributed by atoms with van der Waals surface area (Å²) in [7, 11) is 0. The van der Waals surface area contributed by atoms with Gasteiger partial charge in [-0.3, -0.25) is 9.59 Å². The first kappa shape index (κ1) is 11.5. The molecule has 0 spiro atoms. The Morgan fingerprint density at radius 1 is 1.47 bits per heavy atom. The fourth-order valence-corrected chi connectivity index (χ4v) is 1.18. The number of hydrogen-bond donors (Lipinski definition) is 0. The summed E-state index contributed by atoms with van der Waals surface area (Å²) >= 11 is 0. The SMILES string of the molecule is CC(C)OC(=O)CCn1ccccc1=O. The van der Waals surface area contributed by atoms with E-state index in [1.807, 2.05) is 0 Å². The number of aryl methyl sites for hydroxylation is 1. The molecule has 0 aliphatic carbocycles.